The number of ether oxygens (including phenoxy) is 1. The topological polar surface area (TPSA) is 29.5 Å². The van der Waals surface area contributed by atoms with E-state index in [1.165, 1.54) is 0 Å². The smallest absolute Gasteiger partial charge is 0.0915 e. The molecule has 1 fully saturated rings. The minimum absolute atomic E-state index is 0.125. The average molecular weight is 236 g/mol. The van der Waals surface area contributed by atoms with Crippen LogP contribution < -0.4 is 0 Å². The third-order valence-electron chi connectivity index (χ3n) is 3.37. The molecule has 1 N–H and O–H groups in total. The molecule has 0 saturated carbocycles. The van der Waals surface area contributed by atoms with Crippen molar-refractivity contribution >= 4 is 0 Å². The van der Waals surface area contributed by atoms with Crippen molar-refractivity contribution in [1.29, 1.82) is 0 Å². The minimum atomic E-state index is -0.827. The minimum Gasteiger partial charge on any atom is -0.387 e. The fraction of sp³-hybridized carbons (Fsp3) is 0.600. The molecular weight excluding hydrogens is 212 g/mol. The Hall–Kier alpha value is -0.860. The monoisotopic (exact) mass is 236 g/mol. The van der Waals surface area contributed by atoms with E-state index in [0.29, 0.717) is 6.42 Å². The van der Waals surface area contributed by atoms with E-state index < -0.39 is 5.60 Å². The van der Waals surface area contributed by atoms with Gasteiger partial charge in [0.1, 0.15) is 0 Å². The summed E-state index contributed by atoms with van der Waals surface area (Å²) >= 11 is 0. The van der Waals surface area contributed by atoms with Crippen LogP contribution in [-0.4, -0.2) is 22.4 Å². The number of hydrogen-bond donors (Lipinski definition) is 1. The Labute approximate surface area is 105 Å². The molecule has 0 aromatic rings. The van der Waals surface area contributed by atoms with E-state index in [-0.39, 0.29) is 11.7 Å². The lowest BCUT2D eigenvalue weighted by Crippen LogP contribution is -2.40. The Morgan fingerprint density at radius 1 is 1.65 bits per heavy atom. The fourth-order valence-corrected chi connectivity index (χ4v) is 2.08. The Balaban J connectivity index is 2.60. The van der Waals surface area contributed by atoms with Gasteiger partial charge in [0.2, 0.25) is 0 Å². The molecular formula is C15H24O2. The van der Waals surface area contributed by atoms with Gasteiger partial charge in [-0.05, 0) is 40.0 Å². The first-order valence-corrected chi connectivity index (χ1v) is 6.15. The summed E-state index contributed by atoms with van der Waals surface area (Å²) in [6.07, 6.45) is 7.95. The second-order valence-electron chi connectivity index (χ2n) is 5.47. The van der Waals surface area contributed by atoms with Gasteiger partial charge in [0, 0.05) is 0 Å². The fourth-order valence-electron chi connectivity index (χ4n) is 2.08. The van der Waals surface area contributed by atoms with E-state index in [9.17, 15) is 5.11 Å². The lowest BCUT2D eigenvalue weighted by Gasteiger charge is -2.30. The summed E-state index contributed by atoms with van der Waals surface area (Å²) in [6, 6.07) is 0. The van der Waals surface area contributed by atoms with Crippen LogP contribution in [0, 0.1) is 0 Å². The molecule has 17 heavy (non-hydrogen) atoms. The summed E-state index contributed by atoms with van der Waals surface area (Å²) in [6.45, 7) is 13.4. The summed E-state index contributed by atoms with van der Waals surface area (Å²) < 4.78 is 5.90. The van der Waals surface area contributed by atoms with Crippen molar-refractivity contribution in [2.24, 2.45) is 0 Å². The van der Waals surface area contributed by atoms with Crippen LogP contribution in [0.2, 0.25) is 0 Å². The van der Waals surface area contributed by atoms with Gasteiger partial charge in [0.15, 0.2) is 0 Å². The highest BCUT2D eigenvalue weighted by molar-refractivity contribution is 5.12. The van der Waals surface area contributed by atoms with Crippen LogP contribution in [0.3, 0.4) is 0 Å². The average Bonchev–Trinajstić information content (AvgIpc) is 2.62. The van der Waals surface area contributed by atoms with Crippen LogP contribution in [-0.2, 0) is 4.74 Å². The Kier molecular flexibility index (Phi) is 4.34. The molecule has 1 aliphatic rings. The van der Waals surface area contributed by atoms with Crippen LogP contribution in [0.1, 0.15) is 40.0 Å². The third kappa shape index (κ3) is 3.83. The lowest BCUT2D eigenvalue weighted by atomic mass is 9.92. The largest absolute Gasteiger partial charge is 0.387 e. The highest BCUT2D eigenvalue weighted by Gasteiger charge is 2.42. The van der Waals surface area contributed by atoms with Crippen molar-refractivity contribution in [3.8, 4) is 0 Å². The Morgan fingerprint density at radius 2 is 2.29 bits per heavy atom. The molecule has 1 saturated heterocycles. The predicted octanol–water partition coefficient (Wildman–Crippen LogP) is 3.38. The van der Waals surface area contributed by atoms with Crippen molar-refractivity contribution in [2.45, 2.75) is 57.3 Å². The van der Waals surface area contributed by atoms with Gasteiger partial charge in [-0.25, -0.2) is 0 Å². The molecule has 1 rings (SSSR count). The van der Waals surface area contributed by atoms with E-state index in [4.69, 9.17) is 4.74 Å². The van der Waals surface area contributed by atoms with E-state index in [0.717, 1.165) is 18.4 Å². The molecule has 0 aromatic carbocycles. The van der Waals surface area contributed by atoms with Crippen LogP contribution >= 0.6 is 0 Å². The van der Waals surface area contributed by atoms with Gasteiger partial charge in [0.05, 0.1) is 17.3 Å². The maximum absolute atomic E-state index is 10.4. The van der Waals surface area contributed by atoms with Gasteiger partial charge in [-0.2, -0.15) is 0 Å². The molecule has 0 amide bonds. The summed E-state index contributed by atoms with van der Waals surface area (Å²) in [4.78, 5) is 0. The van der Waals surface area contributed by atoms with Gasteiger partial charge < -0.3 is 9.84 Å². The zero-order valence-corrected chi connectivity index (χ0v) is 11.2. The SMILES string of the molecule is C=CC1(C)CCC(C(C)(O)CC=CC(=C)C)O1. The van der Waals surface area contributed by atoms with E-state index in [1.807, 2.05) is 39.0 Å². The summed E-state index contributed by atoms with van der Waals surface area (Å²) in [5.41, 5.74) is -0.122. The van der Waals surface area contributed by atoms with E-state index in [2.05, 4.69) is 13.2 Å². The number of aliphatic hydroxyl groups is 1. The van der Waals surface area contributed by atoms with Crippen molar-refractivity contribution in [3.05, 3.63) is 37.0 Å². The van der Waals surface area contributed by atoms with Gasteiger partial charge in [-0.15, -0.1) is 6.58 Å². The summed E-state index contributed by atoms with van der Waals surface area (Å²) in [5, 5.41) is 10.4. The Morgan fingerprint density at radius 3 is 2.76 bits per heavy atom. The van der Waals surface area contributed by atoms with Crippen molar-refractivity contribution in [3.63, 3.8) is 0 Å². The predicted molar refractivity (Wildman–Crippen MR) is 71.9 cm³/mol. The van der Waals surface area contributed by atoms with Crippen molar-refractivity contribution < 1.29 is 9.84 Å². The summed E-state index contributed by atoms with van der Waals surface area (Å²) in [5.74, 6) is 0. The van der Waals surface area contributed by atoms with Gasteiger partial charge in [0.25, 0.3) is 0 Å². The second kappa shape index (κ2) is 5.19. The molecule has 3 atom stereocenters. The zero-order valence-electron chi connectivity index (χ0n) is 11.2. The molecule has 0 aliphatic carbocycles. The maximum Gasteiger partial charge on any atom is 0.0915 e. The van der Waals surface area contributed by atoms with Gasteiger partial charge >= 0.3 is 0 Å². The lowest BCUT2D eigenvalue weighted by molar-refractivity contribution is -0.107. The standard InChI is InChI=1S/C15H24O2/c1-6-14(4)11-9-13(17-14)15(5,16)10-7-8-12(2)3/h6-8,13,16H,1-2,9-11H2,3-5H3. The highest BCUT2D eigenvalue weighted by Crippen LogP contribution is 2.37. The summed E-state index contributed by atoms with van der Waals surface area (Å²) in [7, 11) is 0. The molecule has 0 aromatic heterocycles. The molecule has 0 spiro atoms. The number of allylic oxidation sites excluding steroid dienone is 2. The third-order valence-corrected chi connectivity index (χ3v) is 3.37. The number of rotatable bonds is 5. The molecule has 0 radical (unpaired) electrons. The first kappa shape index (κ1) is 14.2. The van der Waals surface area contributed by atoms with Crippen molar-refractivity contribution in [2.75, 3.05) is 0 Å². The van der Waals surface area contributed by atoms with Crippen LogP contribution in [0.15, 0.2) is 37.0 Å². The number of hydrogen-bond acceptors (Lipinski definition) is 2. The van der Waals surface area contributed by atoms with Crippen LogP contribution in [0.4, 0.5) is 0 Å². The molecule has 2 heteroatoms. The normalized spacial score (nSPS) is 32.6. The first-order valence-electron chi connectivity index (χ1n) is 6.15. The second-order valence-corrected chi connectivity index (χ2v) is 5.47. The molecule has 0 bridgehead atoms. The first-order chi connectivity index (χ1) is 7.79. The van der Waals surface area contributed by atoms with E-state index >= 15 is 0 Å². The zero-order chi connectivity index (χ0) is 13.1. The molecule has 3 unspecified atom stereocenters. The highest BCUT2D eigenvalue weighted by atomic mass is 16.5. The molecule has 1 heterocycles. The van der Waals surface area contributed by atoms with Crippen LogP contribution in [0.5, 0.6) is 0 Å². The van der Waals surface area contributed by atoms with Crippen molar-refractivity contribution in [1.82, 2.24) is 0 Å². The maximum atomic E-state index is 10.4. The quantitative estimate of drug-likeness (QED) is 0.585. The molecule has 96 valence electrons. The molecule has 1 aliphatic heterocycles. The molecule has 2 nitrogen and oxygen atoms in total. The van der Waals surface area contributed by atoms with Crippen LogP contribution in [0.25, 0.3) is 0 Å². The Bertz CT molecular complexity index is 328. The van der Waals surface area contributed by atoms with E-state index in [1.54, 1.807) is 0 Å². The van der Waals surface area contributed by atoms with Gasteiger partial charge in [-0.1, -0.05) is 30.4 Å². The van der Waals surface area contributed by atoms with Gasteiger partial charge in [-0.3, -0.25) is 0 Å².